The van der Waals surface area contributed by atoms with Gasteiger partial charge in [-0.15, -0.1) is 0 Å². The minimum atomic E-state index is -3.75. The van der Waals surface area contributed by atoms with E-state index in [-0.39, 0.29) is 4.90 Å². The molecule has 0 amide bonds. The summed E-state index contributed by atoms with van der Waals surface area (Å²) in [7, 11) is 0.112. The molecule has 0 aliphatic rings. The van der Waals surface area contributed by atoms with Gasteiger partial charge in [0.1, 0.15) is 4.90 Å². The van der Waals surface area contributed by atoms with Gasteiger partial charge in [-0.25, -0.2) is 8.42 Å². The SMILES string of the molecule is Cc1cnc2c(S(=O)(=O)N(CCN(C)C)c3ccccc3)cccc2c1. The number of benzene rings is 2. The first-order valence-electron chi connectivity index (χ1n) is 8.47. The first kappa shape index (κ1) is 18.4. The zero-order valence-corrected chi connectivity index (χ0v) is 16.1. The maximum Gasteiger partial charge on any atom is 0.266 e. The highest BCUT2D eigenvalue weighted by atomic mass is 32.2. The molecule has 1 aromatic heterocycles. The average Bonchev–Trinajstić information content (AvgIpc) is 2.61. The molecule has 2 aromatic carbocycles. The van der Waals surface area contributed by atoms with Crippen molar-refractivity contribution in [2.45, 2.75) is 11.8 Å². The number of para-hydroxylation sites is 2. The predicted octanol–water partition coefficient (Wildman–Crippen LogP) is 3.30. The molecule has 0 atom stereocenters. The van der Waals surface area contributed by atoms with Crippen LogP contribution in [0.5, 0.6) is 0 Å². The van der Waals surface area contributed by atoms with E-state index >= 15 is 0 Å². The number of rotatable bonds is 6. The molecule has 0 N–H and O–H groups in total. The molecule has 0 aliphatic carbocycles. The Balaban J connectivity index is 2.14. The molecule has 1 heterocycles. The lowest BCUT2D eigenvalue weighted by molar-refractivity contribution is 0.419. The summed E-state index contributed by atoms with van der Waals surface area (Å²) in [6.07, 6.45) is 1.70. The van der Waals surface area contributed by atoms with Crippen LogP contribution in [-0.4, -0.2) is 45.5 Å². The highest BCUT2D eigenvalue weighted by Gasteiger charge is 2.27. The Labute approximate surface area is 154 Å². The van der Waals surface area contributed by atoms with Crippen molar-refractivity contribution in [2.24, 2.45) is 0 Å². The van der Waals surface area contributed by atoms with E-state index in [4.69, 9.17) is 0 Å². The van der Waals surface area contributed by atoms with Gasteiger partial charge in [-0.05, 0) is 50.8 Å². The summed E-state index contributed by atoms with van der Waals surface area (Å²) < 4.78 is 28.5. The number of anilines is 1. The molecule has 3 aromatic rings. The predicted molar refractivity (Wildman–Crippen MR) is 106 cm³/mol. The summed E-state index contributed by atoms with van der Waals surface area (Å²) >= 11 is 0. The first-order chi connectivity index (χ1) is 12.4. The maximum atomic E-state index is 13.5. The van der Waals surface area contributed by atoms with Gasteiger partial charge in [-0.3, -0.25) is 9.29 Å². The van der Waals surface area contributed by atoms with Gasteiger partial charge in [0.05, 0.1) is 11.2 Å². The van der Waals surface area contributed by atoms with Crippen LogP contribution >= 0.6 is 0 Å². The Morgan fingerprint density at radius 2 is 1.69 bits per heavy atom. The minimum Gasteiger partial charge on any atom is -0.308 e. The van der Waals surface area contributed by atoms with Gasteiger partial charge in [0.25, 0.3) is 10.0 Å². The molecule has 136 valence electrons. The van der Waals surface area contributed by atoms with E-state index in [0.29, 0.717) is 24.3 Å². The third kappa shape index (κ3) is 3.71. The molecule has 5 nitrogen and oxygen atoms in total. The molecule has 3 rings (SSSR count). The van der Waals surface area contributed by atoms with E-state index in [0.717, 1.165) is 10.9 Å². The Morgan fingerprint density at radius 3 is 2.38 bits per heavy atom. The van der Waals surface area contributed by atoms with Crippen molar-refractivity contribution in [1.82, 2.24) is 9.88 Å². The van der Waals surface area contributed by atoms with Gasteiger partial charge in [-0.2, -0.15) is 0 Å². The number of hydrogen-bond acceptors (Lipinski definition) is 4. The number of sulfonamides is 1. The topological polar surface area (TPSA) is 53.5 Å². The number of aryl methyl sites for hydroxylation is 1. The third-order valence-electron chi connectivity index (χ3n) is 4.17. The quantitative estimate of drug-likeness (QED) is 0.669. The van der Waals surface area contributed by atoms with Gasteiger partial charge in [-0.1, -0.05) is 30.3 Å². The van der Waals surface area contributed by atoms with Gasteiger partial charge in [0.15, 0.2) is 0 Å². The summed E-state index contributed by atoms with van der Waals surface area (Å²) in [5.74, 6) is 0. The number of aromatic nitrogens is 1. The lowest BCUT2D eigenvalue weighted by Crippen LogP contribution is -2.36. The van der Waals surface area contributed by atoms with Crippen LogP contribution in [0.15, 0.2) is 65.7 Å². The fraction of sp³-hybridized carbons (Fsp3) is 0.250. The number of hydrogen-bond donors (Lipinski definition) is 0. The highest BCUT2D eigenvalue weighted by Crippen LogP contribution is 2.28. The largest absolute Gasteiger partial charge is 0.308 e. The Morgan fingerprint density at radius 1 is 0.962 bits per heavy atom. The molecule has 0 radical (unpaired) electrons. The van der Waals surface area contributed by atoms with Gasteiger partial charge in [0.2, 0.25) is 0 Å². The third-order valence-corrected chi connectivity index (χ3v) is 6.03. The normalized spacial score (nSPS) is 11.8. The van der Waals surface area contributed by atoms with Crippen molar-refractivity contribution in [1.29, 1.82) is 0 Å². The molecular weight excluding hydrogens is 346 g/mol. The Hall–Kier alpha value is -2.44. The Bertz CT molecular complexity index is 1000. The molecule has 0 saturated heterocycles. The van der Waals surface area contributed by atoms with Gasteiger partial charge in [0, 0.05) is 24.7 Å². The average molecular weight is 369 g/mol. The second kappa shape index (κ2) is 7.43. The molecule has 0 bridgehead atoms. The Kier molecular flexibility index (Phi) is 5.25. The minimum absolute atomic E-state index is 0.234. The molecule has 0 saturated carbocycles. The van der Waals surface area contributed by atoms with Crippen LogP contribution in [0.1, 0.15) is 5.56 Å². The van der Waals surface area contributed by atoms with Crippen LogP contribution in [0, 0.1) is 6.92 Å². The van der Waals surface area contributed by atoms with E-state index in [1.165, 1.54) is 4.31 Å². The number of fused-ring (bicyclic) bond motifs is 1. The van der Waals surface area contributed by atoms with Crippen LogP contribution in [0.25, 0.3) is 10.9 Å². The van der Waals surface area contributed by atoms with E-state index in [1.807, 2.05) is 68.4 Å². The van der Waals surface area contributed by atoms with E-state index in [2.05, 4.69) is 4.98 Å². The molecular formula is C20H23N3O2S. The van der Waals surface area contributed by atoms with Crippen LogP contribution in [0.3, 0.4) is 0 Å². The van der Waals surface area contributed by atoms with Crippen molar-refractivity contribution in [3.8, 4) is 0 Å². The van der Waals surface area contributed by atoms with Crippen molar-refractivity contribution in [2.75, 3.05) is 31.5 Å². The second-order valence-corrected chi connectivity index (χ2v) is 8.39. The van der Waals surface area contributed by atoms with Crippen LogP contribution in [0.2, 0.25) is 0 Å². The summed E-state index contributed by atoms with van der Waals surface area (Å²) in [6, 6.07) is 16.4. The molecule has 0 fully saturated rings. The summed E-state index contributed by atoms with van der Waals surface area (Å²) in [5.41, 5.74) is 2.15. The number of nitrogens with zero attached hydrogens (tertiary/aromatic N) is 3. The lowest BCUT2D eigenvalue weighted by atomic mass is 10.2. The van der Waals surface area contributed by atoms with Crippen molar-refractivity contribution < 1.29 is 8.42 Å². The molecule has 0 unspecified atom stereocenters. The standard InChI is InChI=1S/C20H23N3O2S/c1-16-14-17-8-7-11-19(20(17)21-15-16)26(24,25)23(13-12-22(2)3)18-9-5-4-6-10-18/h4-11,14-15H,12-13H2,1-3H3. The molecule has 6 heteroatoms. The highest BCUT2D eigenvalue weighted by molar-refractivity contribution is 7.93. The van der Waals surface area contributed by atoms with E-state index in [1.54, 1.807) is 18.3 Å². The van der Waals surface area contributed by atoms with Crippen LogP contribution in [-0.2, 0) is 10.0 Å². The van der Waals surface area contributed by atoms with Gasteiger partial charge >= 0.3 is 0 Å². The van der Waals surface area contributed by atoms with Crippen LogP contribution < -0.4 is 4.31 Å². The fourth-order valence-corrected chi connectivity index (χ4v) is 4.47. The van der Waals surface area contributed by atoms with Crippen molar-refractivity contribution in [3.05, 3.63) is 66.4 Å². The monoisotopic (exact) mass is 369 g/mol. The van der Waals surface area contributed by atoms with Crippen LogP contribution in [0.4, 0.5) is 5.69 Å². The molecule has 0 spiro atoms. The lowest BCUT2D eigenvalue weighted by Gasteiger charge is -2.26. The smallest absolute Gasteiger partial charge is 0.266 e. The fourth-order valence-electron chi connectivity index (χ4n) is 2.84. The molecule has 0 aliphatic heterocycles. The van der Waals surface area contributed by atoms with E-state index in [9.17, 15) is 8.42 Å². The zero-order valence-electron chi connectivity index (χ0n) is 15.3. The number of likely N-dealkylation sites (N-methyl/N-ethyl adjacent to an activating group) is 1. The summed E-state index contributed by atoms with van der Waals surface area (Å²) in [6.45, 7) is 2.92. The first-order valence-corrected chi connectivity index (χ1v) is 9.91. The van der Waals surface area contributed by atoms with E-state index < -0.39 is 10.0 Å². The van der Waals surface area contributed by atoms with Crippen molar-refractivity contribution >= 4 is 26.6 Å². The second-order valence-electron chi connectivity index (χ2n) is 6.56. The maximum absolute atomic E-state index is 13.5. The van der Waals surface area contributed by atoms with Gasteiger partial charge < -0.3 is 4.90 Å². The zero-order chi connectivity index (χ0) is 18.7. The number of pyridine rings is 1. The van der Waals surface area contributed by atoms with Crippen molar-refractivity contribution in [3.63, 3.8) is 0 Å². The summed E-state index contributed by atoms with van der Waals surface area (Å²) in [5, 5.41) is 0.826. The summed E-state index contributed by atoms with van der Waals surface area (Å²) in [4.78, 5) is 6.60. The molecule has 26 heavy (non-hydrogen) atoms.